The number of aryl methyl sites for hydroxylation is 1. The standard InChI is InChI=1S/C21H23FN2O2/c22-17-6-3-15(4-7-17)20-2-1-11-24(20)12-13-26-18-8-9-19-16(14-18)5-10-21(25)23-19/h3-4,6-9,14,20H,1-2,5,10-13H2,(H,23,25). The Morgan fingerprint density at radius 2 is 2.00 bits per heavy atom. The van der Waals surface area contributed by atoms with Crippen molar-refractivity contribution in [2.75, 3.05) is 25.0 Å². The molecular formula is C21H23FN2O2. The fraction of sp³-hybridized carbons (Fsp3) is 0.381. The lowest BCUT2D eigenvalue weighted by Crippen LogP contribution is -2.28. The number of likely N-dealkylation sites (tertiary alicyclic amines) is 1. The van der Waals surface area contributed by atoms with Crippen LogP contribution in [0, 0.1) is 5.82 Å². The van der Waals surface area contributed by atoms with E-state index < -0.39 is 0 Å². The second-order valence-electron chi connectivity index (χ2n) is 6.96. The van der Waals surface area contributed by atoms with Crippen molar-refractivity contribution in [1.29, 1.82) is 0 Å². The molecule has 2 heterocycles. The summed E-state index contributed by atoms with van der Waals surface area (Å²) in [7, 11) is 0. The van der Waals surface area contributed by atoms with Gasteiger partial charge in [-0.2, -0.15) is 0 Å². The molecule has 1 atom stereocenters. The zero-order valence-corrected chi connectivity index (χ0v) is 14.7. The molecule has 1 amide bonds. The minimum Gasteiger partial charge on any atom is -0.492 e. The number of halogens is 1. The maximum Gasteiger partial charge on any atom is 0.224 e. The summed E-state index contributed by atoms with van der Waals surface area (Å²) in [5, 5.41) is 2.89. The maximum absolute atomic E-state index is 13.1. The number of carbonyl (C=O) groups excluding carboxylic acids is 1. The third-order valence-electron chi connectivity index (χ3n) is 5.24. The van der Waals surface area contributed by atoms with Gasteiger partial charge >= 0.3 is 0 Å². The summed E-state index contributed by atoms with van der Waals surface area (Å²) < 4.78 is 19.1. The van der Waals surface area contributed by atoms with E-state index in [-0.39, 0.29) is 11.7 Å². The topological polar surface area (TPSA) is 41.6 Å². The fourth-order valence-electron chi connectivity index (χ4n) is 3.89. The van der Waals surface area contributed by atoms with E-state index in [1.54, 1.807) is 0 Å². The van der Waals surface area contributed by atoms with E-state index in [4.69, 9.17) is 4.74 Å². The lowest BCUT2D eigenvalue weighted by molar-refractivity contribution is -0.116. The minimum absolute atomic E-state index is 0.0760. The van der Waals surface area contributed by atoms with Gasteiger partial charge in [0, 0.05) is 24.7 Å². The molecule has 1 fully saturated rings. The van der Waals surface area contributed by atoms with Gasteiger partial charge in [-0.05, 0) is 67.3 Å². The van der Waals surface area contributed by atoms with E-state index in [9.17, 15) is 9.18 Å². The van der Waals surface area contributed by atoms with Crippen molar-refractivity contribution in [3.05, 3.63) is 59.4 Å². The van der Waals surface area contributed by atoms with E-state index in [1.165, 1.54) is 17.7 Å². The molecule has 4 rings (SSSR count). The highest BCUT2D eigenvalue weighted by Gasteiger charge is 2.25. The first-order valence-electron chi connectivity index (χ1n) is 9.24. The molecule has 1 N–H and O–H groups in total. The fourth-order valence-corrected chi connectivity index (χ4v) is 3.89. The number of hydrogen-bond donors (Lipinski definition) is 1. The summed E-state index contributed by atoms with van der Waals surface area (Å²) in [4.78, 5) is 13.8. The largest absolute Gasteiger partial charge is 0.492 e. The molecule has 2 aliphatic rings. The van der Waals surface area contributed by atoms with Crippen molar-refractivity contribution in [2.24, 2.45) is 0 Å². The Morgan fingerprint density at radius 3 is 2.85 bits per heavy atom. The van der Waals surface area contributed by atoms with E-state index >= 15 is 0 Å². The minimum atomic E-state index is -0.190. The summed E-state index contributed by atoms with van der Waals surface area (Å²) in [6, 6.07) is 13.0. The number of nitrogens with zero attached hydrogens (tertiary/aromatic N) is 1. The van der Waals surface area contributed by atoms with E-state index in [0.717, 1.165) is 49.4 Å². The van der Waals surface area contributed by atoms with Crippen LogP contribution < -0.4 is 10.1 Å². The van der Waals surface area contributed by atoms with Crippen LogP contribution in [0.15, 0.2) is 42.5 Å². The van der Waals surface area contributed by atoms with Crippen LogP contribution in [-0.4, -0.2) is 30.5 Å². The molecule has 0 radical (unpaired) electrons. The Bertz CT molecular complexity index is 791. The van der Waals surface area contributed by atoms with Crippen molar-refractivity contribution >= 4 is 11.6 Å². The van der Waals surface area contributed by atoms with Gasteiger partial charge in [-0.15, -0.1) is 0 Å². The van der Waals surface area contributed by atoms with Crippen molar-refractivity contribution in [1.82, 2.24) is 4.90 Å². The van der Waals surface area contributed by atoms with Gasteiger partial charge < -0.3 is 10.1 Å². The summed E-state index contributed by atoms with van der Waals surface area (Å²) in [6.07, 6.45) is 3.55. The Balaban J connectivity index is 1.34. The molecule has 0 aromatic heterocycles. The molecule has 2 aliphatic heterocycles. The van der Waals surface area contributed by atoms with Crippen molar-refractivity contribution < 1.29 is 13.9 Å². The van der Waals surface area contributed by atoms with Crippen LogP contribution in [0.3, 0.4) is 0 Å². The molecule has 0 bridgehead atoms. The average Bonchev–Trinajstić information content (AvgIpc) is 3.11. The molecule has 1 unspecified atom stereocenters. The van der Waals surface area contributed by atoms with E-state index in [2.05, 4.69) is 10.2 Å². The number of fused-ring (bicyclic) bond motifs is 1. The summed E-state index contributed by atoms with van der Waals surface area (Å²) >= 11 is 0. The van der Waals surface area contributed by atoms with Crippen LogP contribution in [0.4, 0.5) is 10.1 Å². The zero-order chi connectivity index (χ0) is 17.9. The van der Waals surface area contributed by atoms with Crippen molar-refractivity contribution in [3.63, 3.8) is 0 Å². The third-order valence-corrected chi connectivity index (χ3v) is 5.24. The van der Waals surface area contributed by atoms with Gasteiger partial charge in [0.25, 0.3) is 0 Å². The molecule has 0 spiro atoms. The second kappa shape index (κ2) is 7.46. The predicted octanol–water partition coefficient (Wildman–Crippen LogP) is 3.93. The van der Waals surface area contributed by atoms with Crippen LogP contribution in [0.1, 0.15) is 36.4 Å². The van der Waals surface area contributed by atoms with Gasteiger partial charge in [0.1, 0.15) is 18.2 Å². The second-order valence-corrected chi connectivity index (χ2v) is 6.96. The number of carbonyl (C=O) groups is 1. The Kier molecular flexibility index (Phi) is 4.89. The van der Waals surface area contributed by atoms with E-state index in [0.29, 0.717) is 19.1 Å². The molecule has 26 heavy (non-hydrogen) atoms. The molecule has 5 heteroatoms. The Hall–Kier alpha value is -2.40. The first-order chi connectivity index (χ1) is 12.7. The van der Waals surface area contributed by atoms with E-state index in [1.807, 2.05) is 30.3 Å². The van der Waals surface area contributed by atoms with Crippen LogP contribution in [0.5, 0.6) is 5.75 Å². The van der Waals surface area contributed by atoms with Crippen LogP contribution >= 0.6 is 0 Å². The smallest absolute Gasteiger partial charge is 0.224 e. The van der Waals surface area contributed by atoms with Gasteiger partial charge in [-0.25, -0.2) is 4.39 Å². The summed E-state index contributed by atoms with van der Waals surface area (Å²) in [6.45, 7) is 2.50. The Labute approximate surface area is 153 Å². The first kappa shape index (κ1) is 17.0. The predicted molar refractivity (Wildman–Crippen MR) is 98.8 cm³/mol. The van der Waals surface area contributed by atoms with Crippen LogP contribution in [0.2, 0.25) is 0 Å². The molecule has 0 aliphatic carbocycles. The lowest BCUT2D eigenvalue weighted by Gasteiger charge is -2.25. The molecule has 136 valence electrons. The number of hydrogen-bond acceptors (Lipinski definition) is 3. The summed E-state index contributed by atoms with van der Waals surface area (Å²) in [5.74, 6) is 0.731. The van der Waals surface area contributed by atoms with Crippen molar-refractivity contribution in [2.45, 2.75) is 31.7 Å². The highest BCUT2D eigenvalue weighted by atomic mass is 19.1. The molecule has 2 aromatic carbocycles. The van der Waals surface area contributed by atoms with Gasteiger partial charge in [0.05, 0.1) is 0 Å². The number of amides is 1. The summed E-state index contributed by atoms with van der Waals surface area (Å²) in [5.41, 5.74) is 3.20. The van der Waals surface area contributed by atoms with Crippen LogP contribution in [-0.2, 0) is 11.2 Å². The molecule has 0 saturated carbocycles. The quantitative estimate of drug-likeness (QED) is 0.885. The maximum atomic E-state index is 13.1. The highest BCUT2D eigenvalue weighted by molar-refractivity contribution is 5.93. The first-order valence-corrected chi connectivity index (χ1v) is 9.24. The number of benzene rings is 2. The molecule has 4 nitrogen and oxygen atoms in total. The number of anilines is 1. The number of rotatable bonds is 5. The van der Waals surface area contributed by atoms with Gasteiger partial charge in [-0.3, -0.25) is 9.69 Å². The van der Waals surface area contributed by atoms with Crippen molar-refractivity contribution in [3.8, 4) is 5.75 Å². The number of nitrogens with one attached hydrogen (secondary N) is 1. The number of ether oxygens (including phenoxy) is 1. The van der Waals surface area contributed by atoms with Gasteiger partial charge in [0.15, 0.2) is 0 Å². The SMILES string of the molecule is O=C1CCc2cc(OCCN3CCCC3c3ccc(F)cc3)ccc2N1. The lowest BCUT2D eigenvalue weighted by atomic mass is 10.0. The average molecular weight is 354 g/mol. The zero-order valence-electron chi connectivity index (χ0n) is 14.7. The Morgan fingerprint density at radius 1 is 1.15 bits per heavy atom. The third kappa shape index (κ3) is 3.73. The highest BCUT2D eigenvalue weighted by Crippen LogP contribution is 2.32. The van der Waals surface area contributed by atoms with Crippen LogP contribution in [0.25, 0.3) is 0 Å². The molecular weight excluding hydrogens is 331 g/mol. The molecule has 1 saturated heterocycles. The molecule has 2 aromatic rings. The van der Waals surface area contributed by atoms with Gasteiger partial charge in [-0.1, -0.05) is 12.1 Å². The van der Waals surface area contributed by atoms with Gasteiger partial charge in [0.2, 0.25) is 5.91 Å². The monoisotopic (exact) mass is 354 g/mol. The normalized spacial score (nSPS) is 19.9.